The van der Waals surface area contributed by atoms with Gasteiger partial charge >= 0.3 is 0 Å². The zero-order valence-corrected chi connectivity index (χ0v) is 10.1. The van der Waals surface area contributed by atoms with E-state index in [2.05, 4.69) is 15.5 Å². The maximum absolute atomic E-state index is 13.0. The first-order valence-corrected chi connectivity index (χ1v) is 5.53. The molecule has 2 rings (SSSR count). The van der Waals surface area contributed by atoms with Crippen LogP contribution in [0.1, 0.15) is 30.2 Å². The smallest absolute Gasteiger partial charge is 0.223 e. The first kappa shape index (κ1) is 12.6. The summed E-state index contributed by atoms with van der Waals surface area (Å²) in [6.45, 7) is 3.87. The molecular weight excluding hydrogens is 240 g/mol. The molecule has 6 heteroatoms. The fourth-order valence-corrected chi connectivity index (χ4v) is 1.60. The molecule has 1 N–H and O–H groups in total. The zero-order valence-electron chi connectivity index (χ0n) is 10.1. The highest BCUT2D eigenvalue weighted by Gasteiger charge is 2.10. The molecule has 1 aromatic carbocycles. The zero-order chi connectivity index (χ0) is 13.1. The van der Waals surface area contributed by atoms with Gasteiger partial charge in [-0.1, -0.05) is 5.16 Å². The van der Waals surface area contributed by atoms with Gasteiger partial charge in [0.1, 0.15) is 11.6 Å². The van der Waals surface area contributed by atoms with Gasteiger partial charge in [0.05, 0.1) is 6.54 Å². The molecular formula is C12H13F2N3O. The van der Waals surface area contributed by atoms with Gasteiger partial charge in [0.25, 0.3) is 0 Å². The molecule has 18 heavy (non-hydrogen) atoms. The lowest BCUT2D eigenvalue weighted by Crippen LogP contribution is -2.19. The van der Waals surface area contributed by atoms with Gasteiger partial charge < -0.3 is 9.84 Å². The summed E-state index contributed by atoms with van der Waals surface area (Å²) in [6, 6.07) is 3.22. The van der Waals surface area contributed by atoms with Crippen molar-refractivity contribution >= 4 is 0 Å². The minimum absolute atomic E-state index is 0.214. The number of hydrogen-bond donors (Lipinski definition) is 1. The number of halogens is 2. The van der Waals surface area contributed by atoms with E-state index in [0.29, 0.717) is 23.8 Å². The molecule has 1 aromatic heterocycles. The summed E-state index contributed by atoms with van der Waals surface area (Å²) < 4.78 is 30.9. The minimum atomic E-state index is -0.589. The second-order valence-electron chi connectivity index (χ2n) is 4.03. The van der Waals surface area contributed by atoms with Crippen LogP contribution >= 0.6 is 0 Å². The molecule has 1 atom stereocenters. The summed E-state index contributed by atoms with van der Waals surface area (Å²) in [4.78, 5) is 4.02. The van der Waals surface area contributed by atoms with Crippen molar-refractivity contribution in [1.82, 2.24) is 15.5 Å². The van der Waals surface area contributed by atoms with Crippen LogP contribution in [0.15, 0.2) is 22.7 Å². The van der Waals surface area contributed by atoms with Crippen LogP contribution in [0.2, 0.25) is 0 Å². The van der Waals surface area contributed by atoms with Crippen LogP contribution in [0.5, 0.6) is 0 Å². The van der Waals surface area contributed by atoms with Gasteiger partial charge in [0.15, 0.2) is 5.82 Å². The first-order valence-electron chi connectivity index (χ1n) is 5.53. The van der Waals surface area contributed by atoms with Crippen molar-refractivity contribution < 1.29 is 13.3 Å². The number of nitrogens with one attached hydrogen (secondary N) is 1. The Hall–Kier alpha value is -1.82. The van der Waals surface area contributed by atoms with E-state index in [9.17, 15) is 8.78 Å². The Morgan fingerprint density at radius 3 is 2.50 bits per heavy atom. The number of aromatic nitrogens is 2. The van der Waals surface area contributed by atoms with Crippen molar-refractivity contribution in [2.45, 2.75) is 26.4 Å². The Balaban J connectivity index is 2.01. The van der Waals surface area contributed by atoms with Gasteiger partial charge in [-0.25, -0.2) is 8.78 Å². The molecule has 0 radical (unpaired) electrons. The van der Waals surface area contributed by atoms with E-state index in [4.69, 9.17) is 4.52 Å². The van der Waals surface area contributed by atoms with Crippen molar-refractivity contribution in [3.05, 3.63) is 47.1 Å². The fraction of sp³-hybridized carbons (Fsp3) is 0.333. The highest BCUT2D eigenvalue weighted by molar-refractivity contribution is 5.20. The SMILES string of the molecule is Cc1nc(CNC(C)c2cc(F)cc(F)c2)no1. The van der Waals surface area contributed by atoms with E-state index in [1.165, 1.54) is 12.1 Å². The highest BCUT2D eigenvalue weighted by atomic mass is 19.1. The summed E-state index contributed by atoms with van der Waals surface area (Å²) in [5.74, 6) is -0.185. The molecule has 0 aliphatic heterocycles. The predicted molar refractivity (Wildman–Crippen MR) is 60.6 cm³/mol. The molecule has 0 amide bonds. The van der Waals surface area contributed by atoms with E-state index < -0.39 is 11.6 Å². The molecule has 2 aromatic rings. The molecule has 0 bridgehead atoms. The van der Waals surface area contributed by atoms with Gasteiger partial charge in [-0.05, 0) is 24.6 Å². The Bertz CT molecular complexity index is 522. The molecule has 0 saturated carbocycles. The second kappa shape index (κ2) is 5.22. The average molecular weight is 253 g/mol. The van der Waals surface area contributed by atoms with Crippen molar-refractivity contribution in [1.29, 1.82) is 0 Å². The van der Waals surface area contributed by atoms with Gasteiger partial charge in [-0.3, -0.25) is 0 Å². The third kappa shape index (κ3) is 3.10. The topological polar surface area (TPSA) is 51.0 Å². The molecule has 4 nitrogen and oxygen atoms in total. The Labute approximate surface area is 103 Å². The monoisotopic (exact) mass is 253 g/mol. The highest BCUT2D eigenvalue weighted by Crippen LogP contribution is 2.16. The number of nitrogens with zero attached hydrogens (tertiary/aromatic N) is 2. The summed E-state index contributed by atoms with van der Waals surface area (Å²) in [5, 5.41) is 6.78. The van der Waals surface area contributed by atoms with Crippen LogP contribution in [0, 0.1) is 18.6 Å². The molecule has 1 heterocycles. The first-order chi connectivity index (χ1) is 8.54. The van der Waals surface area contributed by atoms with Crippen molar-refractivity contribution in [2.24, 2.45) is 0 Å². The average Bonchev–Trinajstić information content (AvgIpc) is 2.70. The predicted octanol–water partition coefficient (Wildman–Crippen LogP) is 2.51. The summed E-state index contributed by atoms with van der Waals surface area (Å²) in [6.07, 6.45) is 0. The quantitative estimate of drug-likeness (QED) is 0.909. The van der Waals surface area contributed by atoms with Crippen molar-refractivity contribution in [2.75, 3.05) is 0 Å². The van der Waals surface area contributed by atoms with Crippen LogP contribution in [0.25, 0.3) is 0 Å². The van der Waals surface area contributed by atoms with Gasteiger partial charge in [-0.15, -0.1) is 0 Å². The molecule has 1 unspecified atom stereocenters. The Kier molecular flexibility index (Phi) is 3.66. The Morgan fingerprint density at radius 1 is 1.28 bits per heavy atom. The van der Waals surface area contributed by atoms with Crippen LogP contribution in [0.3, 0.4) is 0 Å². The maximum Gasteiger partial charge on any atom is 0.223 e. The summed E-state index contributed by atoms with van der Waals surface area (Å²) in [5.41, 5.74) is 0.535. The van der Waals surface area contributed by atoms with Gasteiger partial charge in [0, 0.05) is 19.0 Å². The van der Waals surface area contributed by atoms with Crippen LogP contribution < -0.4 is 5.32 Å². The van der Waals surface area contributed by atoms with Gasteiger partial charge in [0.2, 0.25) is 5.89 Å². The third-order valence-corrected chi connectivity index (χ3v) is 2.52. The minimum Gasteiger partial charge on any atom is -0.340 e. The third-order valence-electron chi connectivity index (χ3n) is 2.52. The van der Waals surface area contributed by atoms with Crippen LogP contribution in [0.4, 0.5) is 8.78 Å². The van der Waals surface area contributed by atoms with E-state index in [1.54, 1.807) is 13.8 Å². The number of rotatable bonds is 4. The molecule has 0 fully saturated rings. The van der Waals surface area contributed by atoms with Crippen molar-refractivity contribution in [3.63, 3.8) is 0 Å². The second-order valence-corrected chi connectivity index (χ2v) is 4.03. The number of aryl methyl sites for hydroxylation is 1. The molecule has 0 saturated heterocycles. The van der Waals surface area contributed by atoms with E-state index >= 15 is 0 Å². The van der Waals surface area contributed by atoms with E-state index in [-0.39, 0.29) is 6.04 Å². The lowest BCUT2D eigenvalue weighted by Gasteiger charge is -2.13. The molecule has 0 spiro atoms. The van der Waals surface area contributed by atoms with E-state index in [1.807, 2.05) is 0 Å². The molecule has 0 aliphatic rings. The lowest BCUT2D eigenvalue weighted by molar-refractivity contribution is 0.384. The molecule has 0 aliphatic carbocycles. The largest absolute Gasteiger partial charge is 0.340 e. The Morgan fingerprint density at radius 2 is 1.94 bits per heavy atom. The summed E-state index contributed by atoms with van der Waals surface area (Å²) >= 11 is 0. The van der Waals surface area contributed by atoms with Crippen molar-refractivity contribution in [3.8, 4) is 0 Å². The maximum atomic E-state index is 13.0. The standard InChI is InChI=1S/C12H13F2N3O/c1-7(9-3-10(13)5-11(14)4-9)15-6-12-16-8(2)18-17-12/h3-5,7,15H,6H2,1-2H3. The van der Waals surface area contributed by atoms with Gasteiger partial charge in [-0.2, -0.15) is 4.98 Å². The fourth-order valence-electron chi connectivity index (χ4n) is 1.60. The van der Waals surface area contributed by atoms with Crippen LogP contribution in [-0.2, 0) is 6.54 Å². The lowest BCUT2D eigenvalue weighted by atomic mass is 10.1. The molecule has 96 valence electrons. The summed E-state index contributed by atoms with van der Waals surface area (Å²) in [7, 11) is 0. The van der Waals surface area contributed by atoms with Crippen LogP contribution in [-0.4, -0.2) is 10.1 Å². The van der Waals surface area contributed by atoms with E-state index in [0.717, 1.165) is 6.07 Å². The normalized spacial score (nSPS) is 12.7. The number of hydrogen-bond acceptors (Lipinski definition) is 4. The number of benzene rings is 1.